The Morgan fingerprint density at radius 3 is 2.68 bits per heavy atom. The second-order valence-electron chi connectivity index (χ2n) is 7.15. The molecule has 2 fully saturated rings. The van der Waals surface area contributed by atoms with E-state index in [1.807, 2.05) is 0 Å². The van der Waals surface area contributed by atoms with Crippen LogP contribution in [0.2, 0.25) is 0 Å². The molecule has 1 heteroatoms. The number of fused-ring (bicyclic) bond motifs is 1. The molecule has 19 heavy (non-hydrogen) atoms. The van der Waals surface area contributed by atoms with Crippen LogP contribution in [-0.2, 0) is 0 Å². The van der Waals surface area contributed by atoms with Crippen molar-refractivity contribution in [3.63, 3.8) is 0 Å². The molecule has 0 aliphatic heterocycles. The number of nitrogens with one attached hydrogen (secondary N) is 1. The van der Waals surface area contributed by atoms with Crippen LogP contribution in [0.5, 0.6) is 0 Å². The zero-order valence-electron chi connectivity index (χ0n) is 12.7. The predicted molar refractivity (Wildman–Crippen MR) is 82.2 cm³/mol. The van der Waals surface area contributed by atoms with Crippen molar-refractivity contribution in [2.75, 3.05) is 6.54 Å². The summed E-state index contributed by atoms with van der Waals surface area (Å²) in [5.74, 6) is 3.19. The van der Waals surface area contributed by atoms with Gasteiger partial charge in [-0.25, -0.2) is 0 Å². The molecule has 3 atom stereocenters. The lowest BCUT2D eigenvalue weighted by molar-refractivity contribution is 0.359. The Kier molecular flexibility index (Phi) is 4.63. The van der Waals surface area contributed by atoms with Crippen LogP contribution in [0.1, 0.15) is 71.1 Å². The number of hydrogen-bond donors (Lipinski definition) is 1. The summed E-state index contributed by atoms with van der Waals surface area (Å²) in [6.07, 6.45) is 16.9. The molecule has 3 rings (SSSR count). The molecule has 1 N–H and O–H groups in total. The smallest absolute Gasteiger partial charge is 0.0308 e. The van der Waals surface area contributed by atoms with Crippen molar-refractivity contribution >= 4 is 0 Å². The molecule has 2 saturated carbocycles. The van der Waals surface area contributed by atoms with E-state index < -0.39 is 0 Å². The summed E-state index contributed by atoms with van der Waals surface area (Å²) in [5, 5.41) is 3.90. The van der Waals surface area contributed by atoms with E-state index in [-0.39, 0.29) is 0 Å². The number of hydrogen-bond acceptors (Lipinski definition) is 1. The third kappa shape index (κ3) is 3.42. The van der Waals surface area contributed by atoms with Crippen molar-refractivity contribution in [3.8, 4) is 0 Å². The Balaban J connectivity index is 1.65. The molecule has 0 aromatic carbocycles. The summed E-state index contributed by atoms with van der Waals surface area (Å²) < 4.78 is 0. The SMILES string of the molecule is CCCNC(C1=CCCCCCC1)C1CC2CC2C1. The van der Waals surface area contributed by atoms with E-state index in [2.05, 4.69) is 18.3 Å². The van der Waals surface area contributed by atoms with Crippen molar-refractivity contribution < 1.29 is 0 Å². The van der Waals surface area contributed by atoms with Gasteiger partial charge in [0.05, 0.1) is 0 Å². The van der Waals surface area contributed by atoms with Crippen molar-refractivity contribution in [1.82, 2.24) is 5.32 Å². The van der Waals surface area contributed by atoms with Crippen LogP contribution >= 0.6 is 0 Å². The van der Waals surface area contributed by atoms with E-state index in [0.717, 1.165) is 23.8 Å². The van der Waals surface area contributed by atoms with Crippen molar-refractivity contribution in [2.24, 2.45) is 17.8 Å². The molecule has 0 radical (unpaired) electrons. The monoisotopic (exact) mass is 261 g/mol. The minimum atomic E-state index is 0.728. The third-order valence-corrected chi connectivity index (χ3v) is 5.59. The maximum absolute atomic E-state index is 3.90. The molecule has 0 aromatic rings. The lowest BCUT2D eigenvalue weighted by Crippen LogP contribution is -2.38. The highest BCUT2D eigenvalue weighted by Crippen LogP contribution is 2.55. The van der Waals surface area contributed by atoms with Crippen molar-refractivity contribution in [2.45, 2.75) is 77.2 Å². The van der Waals surface area contributed by atoms with Gasteiger partial charge in [0.25, 0.3) is 0 Å². The van der Waals surface area contributed by atoms with Crippen molar-refractivity contribution in [1.29, 1.82) is 0 Å². The second-order valence-corrected chi connectivity index (χ2v) is 7.15. The first-order chi connectivity index (χ1) is 9.38. The molecule has 0 bridgehead atoms. The summed E-state index contributed by atoms with van der Waals surface area (Å²) in [4.78, 5) is 0. The van der Waals surface area contributed by atoms with Gasteiger partial charge in [-0.05, 0) is 75.7 Å². The fourth-order valence-electron chi connectivity index (χ4n) is 4.43. The average Bonchev–Trinajstić information content (AvgIpc) is 2.99. The molecule has 3 unspecified atom stereocenters. The van der Waals surface area contributed by atoms with E-state index in [0.29, 0.717) is 0 Å². The van der Waals surface area contributed by atoms with Crippen LogP contribution in [0.25, 0.3) is 0 Å². The Morgan fingerprint density at radius 1 is 1.11 bits per heavy atom. The van der Waals surface area contributed by atoms with E-state index >= 15 is 0 Å². The fraction of sp³-hybridized carbons (Fsp3) is 0.889. The van der Waals surface area contributed by atoms with Crippen LogP contribution in [0.3, 0.4) is 0 Å². The molecule has 0 heterocycles. The maximum atomic E-state index is 3.90. The van der Waals surface area contributed by atoms with E-state index in [1.54, 1.807) is 12.0 Å². The second kappa shape index (κ2) is 6.43. The Labute approximate surface area is 119 Å². The molecule has 0 amide bonds. The van der Waals surface area contributed by atoms with Gasteiger partial charge >= 0.3 is 0 Å². The summed E-state index contributed by atoms with van der Waals surface area (Å²) in [6, 6.07) is 0.728. The topological polar surface area (TPSA) is 12.0 Å². The zero-order chi connectivity index (χ0) is 13.1. The van der Waals surface area contributed by atoms with E-state index in [9.17, 15) is 0 Å². The standard InChI is InChI=1S/C18H31N/c1-2-10-19-18(17-12-15-11-16(15)13-17)14-8-6-4-3-5-7-9-14/h8,15-19H,2-7,9-13H2,1H3. The van der Waals surface area contributed by atoms with E-state index in [4.69, 9.17) is 0 Å². The van der Waals surface area contributed by atoms with Gasteiger partial charge in [0.2, 0.25) is 0 Å². The zero-order valence-corrected chi connectivity index (χ0v) is 12.7. The first-order valence-electron chi connectivity index (χ1n) is 8.80. The summed E-state index contributed by atoms with van der Waals surface area (Å²) >= 11 is 0. The highest BCUT2D eigenvalue weighted by atomic mass is 14.9. The van der Waals surface area contributed by atoms with Gasteiger partial charge in [0, 0.05) is 6.04 Å². The van der Waals surface area contributed by atoms with Gasteiger partial charge < -0.3 is 5.32 Å². The minimum Gasteiger partial charge on any atom is -0.310 e. The largest absolute Gasteiger partial charge is 0.310 e. The highest BCUT2D eigenvalue weighted by Gasteiger charge is 2.48. The van der Waals surface area contributed by atoms with Crippen LogP contribution in [0.15, 0.2) is 11.6 Å². The molecular formula is C18H31N. The molecule has 3 aliphatic carbocycles. The van der Waals surface area contributed by atoms with Crippen LogP contribution in [0.4, 0.5) is 0 Å². The third-order valence-electron chi connectivity index (χ3n) is 5.59. The summed E-state index contributed by atoms with van der Waals surface area (Å²) in [7, 11) is 0. The molecular weight excluding hydrogens is 230 g/mol. The number of rotatable bonds is 5. The predicted octanol–water partition coefficient (Wildman–Crippen LogP) is 4.68. The first kappa shape index (κ1) is 13.7. The van der Waals surface area contributed by atoms with Gasteiger partial charge in [-0.3, -0.25) is 0 Å². The van der Waals surface area contributed by atoms with E-state index in [1.165, 1.54) is 64.3 Å². The lowest BCUT2D eigenvalue weighted by atomic mass is 9.85. The summed E-state index contributed by atoms with van der Waals surface area (Å²) in [6.45, 7) is 3.50. The summed E-state index contributed by atoms with van der Waals surface area (Å²) in [5.41, 5.74) is 1.78. The van der Waals surface area contributed by atoms with Gasteiger partial charge in [-0.15, -0.1) is 0 Å². The van der Waals surface area contributed by atoms with Gasteiger partial charge in [-0.1, -0.05) is 31.4 Å². The molecule has 0 spiro atoms. The van der Waals surface area contributed by atoms with Crippen LogP contribution < -0.4 is 5.32 Å². The fourth-order valence-corrected chi connectivity index (χ4v) is 4.43. The minimum absolute atomic E-state index is 0.728. The maximum Gasteiger partial charge on any atom is 0.0308 e. The Bertz CT molecular complexity index is 310. The van der Waals surface area contributed by atoms with Gasteiger partial charge in [0.15, 0.2) is 0 Å². The first-order valence-corrected chi connectivity index (χ1v) is 8.80. The molecule has 0 aromatic heterocycles. The Hall–Kier alpha value is -0.300. The molecule has 1 nitrogen and oxygen atoms in total. The lowest BCUT2D eigenvalue weighted by Gasteiger charge is -2.30. The highest BCUT2D eigenvalue weighted by molar-refractivity contribution is 5.16. The van der Waals surface area contributed by atoms with Crippen LogP contribution in [0, 0.1) is 17.8 Å². The molecule has 108 valence electrons. The van der Waals surface area contributed by atoms with Crippen LogP contribution in [-0.4, -0.2) is 12.6 Å². The Morgan fingerprint density at radius 2 is 1.89 bits per heavy atom. The normalized spacial score (nSPS) is 36.1. The number of allylic oxidation sites excluding steroid dienone is 1. The molecule has 3 aliphatic rings. The quantitative estimate of drug-likeness (QED) is 0.708. The van der Waals surface area contributed by atoms with Crippen molar-refractivity contribution in [3.05, 3.63) is 11.6 Å². The van der Waals surface area contributed by atoms with Gasteiger partial charge in [0.1, 0.15) is 0 Å². The van der Waals surface area contributed by atoms with Gasteiger partial charge in [-0.2, -0.15) is 0 Å². The molecule has 0 saturated heterocycles. The average molecular weight is 261 g/mol.